The number of nitrogens with zero attached hydrogens (tertiary/aromatic N) is 2. The molecule has 0 aliphatic carbocycles. The van der Waals surface area contributed by atoms with E-state index in [2.05, 4.69) is 28.7 Å². The van der Waals surface area contributed by atoms with Gasteiger partial charge < -0.3 is 15.6 Å². The Morgan fingerprint density at radius 2 is 2.06 bits per heavy atom. The van der Waals surface area contributed by atoms with Crippen LogP contribution in [-0.4, -0.2) is 23.1 Å². The van der Waals surface area contributed by atoms with E-state index >= 15 is 0 Å². The second kappa shape index (κ2) is 4.15. The summed E-state index contributed by atoms with van der Waals surface area (Å²) in [5.74, 6) is 1.86. The summed E-state index contributed by atoms with van der Waals surface area (Å²) in [5.41, 5.74) is 5.73. The Balaban J connectivity index is 2.30. The molecule has 2 rings (SSSR count). The maximum absolute atomic E-state index is 11.4. The van der Waals surface area contributed by atoms with E-state index in [9.17, 15) is 4.79 Å². The lowest BCUT2D eigenvalue weighted by Gasteiger charge is -2.35. The lowest BCUT2D eigenvalue weighted by Crippen LogP contribution is -2.40. The van der Waals surface area contributed by atoms with E-state index < -0.39 is 0 Å². The van der Waals surface area contributed by atoms with Crippen LogP contribution in [0.1, 0.15) is 20.3 Å². The van der Waals surface area contributed by atoms with Crippen molar-refractivity contribution in [1.29, 1.82) is 0 Å². The first-order chi connectivity index (χ1) is 7.58. The van der Waals surface area contributed by atoms with E-state index in [0.29, 0.717) is 17.7 Å². The SMILES string of the molecule is CC1CC(C)CN(c2nc[nH]c(=O)c2N)C1. The first kappa shape index (κ1) is 11.0. The minimum Gasteiger partial charge on any atom is -0.391 e. The molecule has 0 saturated carbocycles. The van der Waals surface area contributed by atoms with Crippen LogP contribution in [0.25, 0.3) is 0 Å². The Bertz CT molecular complexity index is 418. The fourth-order valence-corrected chi connectivity index (χ4v) is 2.49. The molecule has 2 unspecified atom stereocenters. The third-order valence-corrected chi connectivity index (χ3v) is 3.04. The maximum atomic E-state index is 11.4. The van der Waals surface area contributed by atoms with Gasteiger partial charge in [-0.05, 0) is 18.3 Å². The van der Waals surface area contributed by atoms with Crippen molar-refractivity contribution in [2.24, 2.45) is 11.8 Å². The van der Waals surface area contributed by atoms with Gasteiger partial charge in [0.25, 0.3) is 5.56 Å². The Kier molecular flexibility index (Phi) is 2.85. The standard InChI is InChI=1S/C11H18N4O/c1-7-3-8(2)5-15(4-7)10-9(12)11(16)14-6-13-10/h6-8H,3-5,12H2,1-2H3,(H,13,14,16). The summed E-state index contributed by atoms with van der Waals surface area (Å²) in [4.78, 5) is 20.2. The molecule has 1 aliphatic rings. The smallest absolute Gasteiger partial charge is 0.276 e. The molecule has 5 heteroatoms. The molecule has 0 radical (unpaired) electrons. The average molecular weight is 222 g/mol. The van der Waals surface area contributed by atoms with Crippen molar-refractivity contribution in [3.63, 3.8) is 0 Å². The molecule has 3 N–H and O–H groups in total. The first-order valence-electron chi connectivity index (χ1n) is 5.66. The fourth-order valence-electron chi connectivity index (χ4n) is 2.49. The van der Waals surface area contributed by atoms with E-state index in [-0.39, 0.29) is 11.2 Å². The number of aromatic nitrogens is 2. The number of nitrogen functional groups attached to an aromatic ring is 1. The molecular formula is C11H18N4O. The third kappa shape index (κ3) is 2.03. The lowest BCUT2D eigenvalue weighted by atomic mass is 9.92. The normalized spacial score (nSPS) is 25.8. The van der Waals surface area contributed by atoms with Crippen molar-refractivity contribution >= 4 is 11.5 Å². The van der Waals surface area contributed by atoms with Gasteiger partial charge in [-0.25, -0.2) is 4.98 Å². The molecule has 2 heterocycles. The number of hydrogen-bond donors (Lipinski definition) is 2. The number of H-pyrrole nitrogens is 1. The minimum absolute atomic E-state index is 0.226. The topological polar surface area (TPSA) is 75.0 Å². The van der Waals surface area contributed by atoms with Crippen LogP contribution in [0.5, 0.6) is 0 Å². The van der Waals surface area contributed by atoms with E-state index in [1.165, 1.54) is 12.7 Å². The predicted molar refractivity (Wildman–Crippen MR) is 64.4 cm³/mol. The highest BCUT2D eigenvalue weighted by Crippen LogP contribution is 2.26. The zero-order valence-electron chi connectivity index (χ0n) is 9.73. The lowest BCUT2D eigenvalue weighted by molar-refractivity contribution is 0.355. The molecule has 0 spiro atoms. The van der Waals surface area contributed by atoms with Crippen LogP contribution < -0.4 is 16.2 Å². The van der Waals surface area contributed by atoms with Crippen LogP contribution in [-0.2, 0) is 0 Å². The van der Waals surface area contributed by atoms with Gasteiger partial charge in [-0.15, -0.1) is 0 Å². The van der Waals surface area contributed by atoms with Gasteiger partial charge in [0.1, 0.15) is 5.69 Å². The van der Waals surface area contributed by atoms with E-state index in [1.807, 2.05) is 0 Å². The van der Waals surface area contributed by atoms with E-state index in [0.717, 1.165) is 13.1 Å². The number of rotatable bonds is 1. The number of nitrogens with one attached hydrogen (secondary N) is 1. The van der Waals surface area contributed by atoms with Crippen molar-refractivity contribution in [1.82, 2.24) is 9.97 Å². The predicted octanol–water partition coefficient (Wildman–Crippen LogP) is 0.834. The molecule has 5 nitrogen and oxygen atoms in total. The van der Waals surface area contributed by atoms with Crippen molar-refractivity contribution in [3.8, 4) is 0 Å². The zero-order chi connectivity index (χ0) is 11.7. The zero-order valence-corrected chi connectivity index (χ0v) is 9.73. The minimum atomic E-state index is -0.254. The summed E-state index contributed by atoms with van der Waals surface area (Å²) in [7, 11) is 0. The molecule has 1 aromatic heterocycles. The van der Waals surface area contributed by atoms with Gasteiger partial charge >= 0.3 is 0 Å². The largest absolute Gasteiger partial charge is 0.391 e. The molecule has 16 heavy (non-hydrogen) atoms. The van der Waals surface area contributed by atoms with Gasteiger partial charge in [0.2, 0.25) is 0 Å². The second-order valence-electron chi connectivity index (χ2n) is 4.82. The van der Waals surface area contributed by atoms with Crippen molar-refractivity contribution in [2.45, 2.75) is 20.3 Å². The molecule has 0 aromatic carbocycles. The van der Waals surface area contributed by atoms with Crippen LogP contribution in [0.15, 0.2) is 11.1 Å². The highest BCUT2D eigenvalue weighted by molar-refractivity contribution is 5.61. The Labute approximate surface area is 94.7 Å². The number of hydrogen-bond acceptors (Lipinski definition) is 4. The number of aromatic amines is 1. The quantitative estimate of drug-likeness (QED) is 0.738. The summed E-state index contributed by atoms with van der Waals surface area (Å²) >= 11 is 0. The molecule has 1 fully saturated rings. The summed E-state index contributed by atoms with van der Waals surface area (Å²) in [6.45, 7) is 6.27. The fraction of sp³-hybridized carbons (Fsp3) is 0.636. The van der Waals surface area contributed by atoms with Crippen LogP contribution in [0, 0.1) is 11.8 Å². The Morgan fingerprint density at radius 1 is 1.44 bits per heavy atom. The highest BCUT2D eigenvalue weighted by Gasteiger charge is 2.24. The third-order valence-electron chi connectivity index (χ3n) is 3.04. The van der Waals surface area contributed by atoms with Crippen molar-refractivity contribution in [2.75, 3.05) is 23.7 Å². The number of piperidine rings is 1. The van der Waals surface area contributed by atoms with Gasteiger partial charge in [-0.1, -0.05) is 13.8 Å². The summed E-state index contributed by atoms with van der Waals surface area (Å²) in [6.07, 6.45) is 2.64. The van der Waals surface area contributed by atoms with Crippen LogP contribution >= 0.6 is 0 Å². The molecule has 88 valence electrons. The van der Waals surface area contributed by atoms with Gasteiger partial charge in [-0.3, -0.25) is 4.79 Å². The van der Waals surface area contributed by atoms with Gasteiger partial charge in [0.15, 0.2) is 5.82 Å². The summed E-state index contributed by atoms with van der Waals surface area (Å²) in [6, 6.07) is 0. The van der Waals surface area contributed by atoms with Gasteiger partial charge in [0.05, 0.1) is 6.33 Å². The average Bonchev–Trinajstić information content (AvgIpc) is 2.20. The molecule has 0 bridgehead atoms. The van der Waals surface area contributed by atoms with E-state index in [4.69, 9.17) is 5.73 Å². The Hall–Kier alpha value is -1.52. The highest BCUT2D eigenvalue weighted by atomic mass is 16.1. The number of anilines is 2. The monoisotopic (exact) mass is 222 g/mol. The molecule has 0 amide bonds. The van der Waals surface area contributed by atoms with Crippen molar-refractivity contribution < 1.29 is 0 Å². The Morgan fingerprint density at radius 3 is 2.69 bits per heavy atom. The summed E-state index contributed by atoms with van der Waals surface area (Å²) < 4.78 is 0. The van der Waals surface area contributed by atoms with Crippen LogP contribution in [0.2, 0.25) is 0 Å². The number of nitrogens with two attached hydrogens (primary N) is 1. The molecule has 1 aromatic rings. The molecule has 1 aliphatic heterocycles. The molecule has 1 saturated heterocycles. The maximum Gasteiger partial charge on any atom is 0.276 e. The van der Waals surface area contributed by atoms with Gasteiger partial charge in [-0.2, -0.15) is 0 Å². The van der Waals surface area contributed by atoms with Gasteiger partial charge in [0, 0.05) is 13.1 Å². The molecule has 2 atom stereocenters. The van der Waals surface area contributed by atoms with Crippen LogP contribution in [0.4, 0.5) is 11.5 Å². The second-order valence-corrected chi connectivity index (χ2v) is 4.82. The van der Waals surface area contributed by atoms with E-state index in [1.54, 1.807) is 0 Å². The summed E-state index contributed by atoms with van der Waals surface area (Å²) in [5, 5.41) is 0. The first-order valence-corrected chi connectivity index (χ1v) is 5.66. The van der Waals surface area contributed by atoms with Crippen molar-refractivity contribution in [3.05, 3.63) is 16.7 Å². The molecular weight excluding hydrogens is 204 g/mol. The van der Waals surface area contributed by atoms with Crippen LogP contribution in [0.3, 0.4) is 0 Å².